The molecule has 3 rings (SSSR count). The maximum atomic E-state index is 10.9. The molecule has 0 aliphatic heterocycles. The number of thiazole rings is 1. The fraction of sp³-hybridized carbons (Fsp3) is 0.200. The van der Waals surface area contributed by atoms with Crippen LogP contribution in [0.15, 0.2) is 48.5 Å². The van der Waals surface area contributed by atoms with Gasteiger partial charge in [0.05, 0.1) is 17.3 Å². The summed E-state index contributed by atoms with van der Waals surface area (Å²) in [5.41, 5.74) is 2.97. The SMILES string of the molecule is COc1ccccc1/C=C(\CCCC(=O)O)c1nc2ccccc2s1. The van der Waals surface area contributed by atoms with Gasteiger partial charge in [0.25, 0.3) is 0 Å². The molecule has 0 bridgehead atoms. The zero-order chi connectivity index (χ0) is 17.6. The van der Waals surface area contributed by atoms with E-state index in [4.69, 9.17) is 14.8 Å². The number of para-hydroxylation sites is 2. The Morgan fingerprint density at radius 1 is 1.16 bits per heavy atom. The first-order valence-electron chi connectivity index (χ1n) is 8.08. The van der Waals surface area contributed by atoms with Gasteiger partial charge in [0.2, 0.25) is 0 Å². The molecule has 2 aromatic carbocycles. The monoisotopic (exact) mass is 353 g/mol. The van der Waals surface area contributed by atoms with Crippen molar-refractivity contribution in [3.05, 3.63) is 59.1 Å². The second kappa shape index (κ2) is 7.94. The second-order valence-electron chi connectivity index (χ2n) is 5.65. The molecule has 5 heteroatoms. The van der Waals surface area contributed by atoms with Crippen LogP contribution in [-0.2, 0) is 4.79 Å². The zero-order valence-electron chi connectivity index (χ0n) is 13.9. The summed E-state index contributed by atoms with van der Waals surface area (Å²) < 4.78 is 6.55. The number of carboxylic acid groups (broad SMARTS) is 1. The number of allylic oxidation sites excluding steroid dienone is 1. The van der Waals surface area contributed by atoms with Crippen LogP contribution in [0.3, 0.4) is 0 Å². The van der Waals surface area contributed by atoms with Gasteiger partial charge in [0, 0.05) is 12.0 Å². The molecule has 0 aliphatic carbocycles. The van der Waals surface area contributed by atoms with Crippen molar-refractivity contribution in [2.24, 2.45) is 0 Å². The van der Waals surface area contributed by atoms with Crippen molar-refractivity contribution in [2.45, 2.75) is 19.3 Å². The largest absolute Gasteiger partial charge is 0.496 e. The maximum absolute atomic E-state index is 10.9. The highest BCUT2D eigenvalue weighted by Gasteiger charge is 2.11. The van der Waals surface area contributed by atoms with Gasteiger partial charge in [0.1, 0.15) is 10.8 Å². The predicted octanol–water partition coefficient (Wildman–Crippen LogP) is 5.10. The number of hydrogen-bond donors (Lipinski definition) is 1. The molecule has 0 fully saturated rings. The summed E-state index contributed by atoms with van der Waals surface area (Å²) in [6.07, 6.45) is 3.43. The third kappa shape index (κ3) is 4.25. The Kier molecular flexibility index (Phi) is 5.46. The Morgan fingerprint density at radius 3 is 2.68 bits per heavy atom. The number of methoxy groups -OCH3 is 1. The topological polar surface area (TPSA) is 59.4 Å². The molecule has 0 radical (unpaired) electrons. The van der Waals surface area contributed by atoms with E-state index in [1.807, 2.05) is 42.5 Å². The first kappa shape index (κ1) is 17.2. The maximum Gasteiger partial charge on any atom is 0.303 e. The number of aliphatic carboxylic acids is 1. The molecule has 0 atom stereocenters. The van der Waals surface area contributed by atoms with E-state index in [-0.39, 0.29) is 6.42 Å². The van der Waals surface area contributed by atoms with Crippen LogP contribution >= 0.6 is 11.3 Å². The first-order valence-corrected chi connectivity index (χ1v) is 8.90. The van der Waals surface area contributed by atoms with Crippen LogP contribution < -0.4 is 4.74 Å². The summed E-state index contributed by atoms with van der Waals surface area (Å²) >= 11 is 1.63. The average Bonchev–Trinajstić information content (AvgIpc) is 3.05. The summed E-state index contributed by atoms with van der Waals surface area (Å²) in [5.74, 6) is 0.0142. The first-order chi connectivity index (χ1) is 12.2. The molecule has 1 aromatic heterocycles. The number of carboxylic acids is 1. The van der Waals surface area contributed by atoms with Gasteiger partial charge in [-0.05, 0) is 42.7 Å². The van der Waals surface area contributed by atoms with Gasteiger partial charge < -0.3 is 9.84 Å². The number of rotatable bonds is 7. The quantitative estimate of drug-likeness (QED) is 0.642. The molecule has 4 nitrogen and oxygen atoms in total. The number of benzene rings is 2. The van der Waals surface area contributed by atoms with Crippen LogP contribution in [0.1, 0.15) is 29.8 Å². The van der Waals surface area contributed by atoms with E-state index in [2.05, 4.69) is 12.1 Å². The minimum absolute atomic E-state index is 0.147. The Labute approximate surface area is 150 Å². The van der Waals surface area contributed by atoms with E-state index in [9.17, 15) is 4.79 Å². The van der Waals surface area contributed by atoms with Crippen molar-refractivity contribution in [3.8, 4) is 5.75 Å². The van der Waals surface area contributed by atoms with Gasteiger partial charge >= 0.3 is 5.97 Å². The summed E-state index contributed by atoms with van der Waals surface area (Å²) in [4.78, 5) is 15.6. The fourth-order valence-corrected chi connectivity index (χ4v) is 3.66. The van der Waals surface area contributed by atoms with Crippen molar-refractivity contribution in [3.63, 3.8) is 0 Å². The molecule has 0 aliphatic rings. The molecule has 0 saturated carbocycles. The number of ether oxygens (including phenoxy) is 1. The van der Waals surface area contributed by atoms with Crippen molar-refractivity contribution < 1.29 is 14.6 Å². The summed E-state index contributed by atoms with van der Waals surface area (Å²) in [7, 11) is 1.65. The van der Waals surface area contributed by atoms with Gasteiger partial charge in [-0.15, -0.1) is 11.3 Å². The van der Waals surface area contributed by atoms with Crippen LogP contribution in [0.5, 0.6) is 5.75 Å². The van der Waals surface area contributed by atoms with Gasteiger partial charge in [-0.3, -0.25) is 4.79 Å². The van der Waals surface area contributed by atoms with Crippen LogP contribution in [0.2, 0.25) is 0 Å². The molecular weight excluding hydrogens is 334 g/mol. The number of nitrogens with zero attached hydrogens (tertiary/aromatic N) is 1. The van der Waals surface area contributed by atoms with Crippen molar-refractivity contribution in [1.29, 1.82) is 0 Å². The highest BCUT2D eigenvalue weighted by atomic mass is 32.1. The van der Waals surface area contributed by atoms with E-state index in [1.165, 1.54) is 0 Å². The number of fused-ring (bicyclic) bond motifs is 1. The molecule has 0 unspecified atom stereocenters. The average molecular weight is 353 g/mol. The lowest BCUT2D eigenvalue weighted by Gasteiger charge is -2.07. The van der Waals surface area contributed by atoms with Crippen molar-refractivity contribution in [1.82, 2.24) is 4.98 Å². The minimum atomic E-state index is -0.777. The smallest absolute Gasteiger partial charge is 0.303 e. The lowest BCUT2D eigenvalue weighted by molar-refractivity contribution is -0.137. The molecular formula is C20H19NO3S. The van der Waals surface area contributed by atoms with Gasteiger partial charge in [-0.25, -0.2) is 4.98 Å². The lowest BCUT2D eigenvalue weighted by Crippen LogP contribution is -1.95. The summed E-state index contributed by atoms with van der Waals surface area (Å²) in [5, 5.41) is 9.86. The summed E-state index contributed by atoms with van der Waals surface area (Å²) in [6, 6.07) is 15.8. The molecule has 0 spiro atoms. The van der Waals surface area contributed by atoms with Gasteiger partial charge in [0.15, 0.2) is 0 Å². The predicted molar refractivity (Wildman–Crippen MR) is 102 cm³/mol. The molecule has 1 N–H and O–H groups in total. The van der Waals surface area contributed by atoms with E-state index < -0.39 is 5.97 Å². The standard InChI is InChI=1S/C20H19NO3S/c1-24-17-10-4-2-7-14(17)13-15(8-6-12-19(22)23)20-21-16-9-3-5-11-18(16)25-20/h2-5,7,9-11,13H,6,8,12H2,1H3,(H,22,23)/b15-13+. The fourth-order valence-electron chi connectivity index (χ4n) is 2.65. The van der Waals surface area contributed by atoms with E-state index >= 15 is 0 Å². The molecule has 1 heterocycles. The molecule has 128 valence electrons. The van der Waals surface area contributed by atoms with Crippen LogP contribution in [0, 0.1) is 0 Å². The second-order valence-corrected chi connectivity index (χ2v) is 6.68. The molecule has 25 heavy (non-hydrogen) atoms. The third-order valence-electron chi connectivity index (χ3n) is 3.87. The van der Waals surface area contributed by atoms with Crippen LogP contribution in [0.4, 0.5) is 0 Å². The molecule has 0 saturated heterocycles. The highest BCUT2D eigenvalue weighted by molar-refractivity contribution is 7.19. The van der Waals surface area contributed by atoms with E-state index in [0.717, 1.165) is 32.1 Å². The number of carbonyl (C=O) groups is 1. The highest BCUT2D eigenvalue weighted by Crippen LogP contribution is 2.32. The Balaban J connectivity index is 1.99. The Hall–Kier alpha value is -2.66. The van der Waals surface area contributed by atoms with E-state index in [1.54, 1.807) is 18.4 Å². The van der Waals surface area contributed by atoms with Gasteiger partial charge in [-0.1, -0.05) is 30.3 Å². The van der Waals surface area contributed by atoms with Gasteiger partial charge in [-0.2, -0.15) is 0 Å². The zero-order valence-corrected chi connectivity index (χ0v) is 14.8. The lowest BCUT2D eigenvalue weighted by atomic mass is 10.0. The van der Waals surface area contributed by atoms with Crippen LogP contribution in [-0.4, -0.2) is 23.2 Å². The minimum Gasteiger partial charge on any atom is -0.496 e. The van der Waals surface area contributed by atoms with Crippen LogP contribution in [0.25, 0.3) is 21.9 Å². The van der Waals surface area contributed by atoms with E-state index in [0.29, 0.717) is 12.8 Å². The Morgan fingerprint density at radius 2 is 1.92 bits per heavy atom. The normalized spacial score (nSPS) is 11.6. The molecule has 0 amide bonds. The number of hydrogen-bond acceptors (Lipinski definition) is 4. The summed E-state index contributed by atoms with van der Waals surface area (Å²) in [6.45, 7) is 0. The van der Waals surface area contributed by atoms with Crippen molar-refractivity contribution in [2.75, 3.05) is 7.11 Å². The van der Waals surface area contributed by atoms with Crippen molar-refractivity contribution >= 4 is 39.2 Å². The third-order valence-corrected chi connectivity index (χ3v) is 4.99. The number of aromatic nitrogens is 1. The molecule has 3 aromatic rings. The Bertz CT molecular complexity index is 881.